The van der Waals surface area contributed by atoms with Gasteiger partial charge < -0.3 is 19.7 Å². The van der Waals surface area contributed by atoms with Gasteiger partial charge in [0.15, 0.2) is 5.78 Å². The minimum absolute atomic E-state index is 0.0374. The molecule has 0 aliphatic rings. The number of aromatic nitrogens is 2. The van der Waals surface area contributed by atoms with E-state index in [0.717, 1.165) is 0 Å². The Balaban J connectivity index is 1.77. The van der Waals surface area contributed by atoms with Crippen LogP contribution in [0.4, 0.5) is 0 Å². The van der Waals surface area contributed by atoms with Crippen molar-refractivity contribution in [2.45, 2.75) is 33.3 Å². The highest BCUT2D eigenvalue weighted by Gasteiger charge is 2.18. The van der Waals surface area contributed by atoms with E-state index in [1.54, 1.807) is 31.2 Å². The smallest absolute Gasteiger partial charge is 0.339 e. The van der Waals surface area contributed by atoms with Crippen molar-refractivity contribution in [1.29, 1.82) is 0 Å². The third-order valence-electron chi connectivity index (χ3n) is 4.97. The summed E-state index contributed by atoms with van der Waals surface area (Å²) in [5.41, 5.74) is 2.31. The SMILES string of the molecule is CCCC(=O)c1ccc(OCc2cnc(-c3cccc(C(=O)O)c3OC)cn2)c(C)c1O. The van der Waals surface area contributed by atoms with Crippen LogP contribution >= 0.6 is 0 Å². The fraction of sp³-hybridized carbons (Fsp3) is 0.250. The predicted molar refractivity (Wildman–Crippen MR) is 117 cm³/mol. The lowest BCUT2D eigenvalue weighted by Crippen LogP contribution is -2.04. The van der Waals surface area contributed by atoms with Crippen LogP contribution in [0.1, 0.15) is 51.7 Å². The molecule has 0 aliphatic heterocycles. The van der Waals surface area contributed by atoms with Gasteiger partial charge in [-0.25, -0.2) is 4.79 Å². The molecule has 3 aromatic rings. The monoisotopic (exact) mass is 436 g/mol. The first kappa shape index (κ1) is 22.7. The highest BCUT2D eigenvalue weighted by atomic mass is 16.5. The van der Waals surface area contributed by atoms with E-state index in [4.69, 9.17) is 9.47 Å². The molecule has 8 heteroatoms. The normalized spacial score (nSPS) is 10.6. The van der Waals surface area contributed by atoms with E-state index < -0.39 is 5.97 Å². The van der Waals surface area contributed by atoms with E-state index >= 15 is 0 Å². The highest BCUT2D eigenvalue weighted by Crippen LogP contribution is 2.33. The Morgan fingerprint density at radius 2 is 1.84 bits per heavy atom. The number of hydrogen-bond acceptors (Lipinski definition) is 7. The van der Waals surface area contributed by atoms with Gasteiger partial charge in [-0.05, 0) is 37.6 Å². The number of para-hydroxylation sites is 1. The Kier molecular flexibility index (Phi) is 7.04. The number of rotatable bonds is 9. The van der Waals surface area contributed by atoms with Crippen molar-refractivity contribution in [1.82, 2.24) is 9.97 Å². The van der Waals surface area contributed by atoms with Crippen LogP contribution in [-0.2, 0) is 6.61 Å². The Morgan fingerprint density at radius 3 is 2.47 bits per heavy atom. The fourth-order valence-corrected chi connectivity index (χ4v) is 3.27. The van der Waals surface area contributed by atoms with Gasteiger partial charge in [-0.15, -0.1) is 0 Å². The molecule has 0 saturated heterocycles. The second-order valence-electron chi connectivity index (χ2n) is 7.13. The minimum Gasteiger partial charge on any atom is -0.507 e. The largest absolute Gasteiger partial charge is 0.507 e. The molecular formula is C24H24N2O6. The van der Waals surface area contributed by atoms with Crippen LogP contribution in [0, 0.1) is 6.92 Å². The van der Waals surface area contributed by atoms with Gasteiger partial charge in [-0.3, -0.25) is 14.8 Å². The summed E-state index contributed by atoms with van der Waals surface area (Å²) in [6.07, 6.45) is 4.11. The summed E-state index contributed by atoms with van der Waals surface area (Å²) in [4.78, 5) is 32.2. The van der Waals surface area contributed by atoms with Crippen molar-refractivity contribution >= 4 is 11.8 Å². The lowest BCUT2D eigenvalue weighted by Gasteiger charge is -2.13. The Labute approximate surface area is 185 Å². The summed E-state index contributed by atoms with van der Waals surface area (Å²) in [5, 5.41) is 19.7. The number of Topliss-reactive ketones (excluding diaryl/α,β-unsaturated/α-hetero) is 1. The maximum absolute atomic E-state index is 12.1. The second kappa shape index (κ2) is 9.91. The number of ketones is 1. The number of phenolic OH excluding ortho intramolecular Hbond substituents is 1. The highest BCUT2D eigenvalue weighted by molar-refractivity contribution is 5.99. The fourth-order valence-electron chi connectivity index (χ4n) is 3.27. The van der Waals surface area contributed by atoms with Crippen LogP contribution < -0.4 is 9.47 Å². The van der Waals surface area contributed by atoms with Crippen LogP contribution in [0.25, 0.3) is 11.3 Å². The Bertz CT molecular complexity index is 1140. The number of methoxy groups -OCH3 is 1. The zero-order valence-electron chi connectivity index (χ0n) is 18.1. The molecular weight excluding hydrogens is 412 g/mol. The summed E-state index contributed by atoms with van der Waals surface area (Å²) in [7, 11) is 1.40. The molecule has 0 atom stereocenters. The van der Waals surface area contributed by atoms with E-state index in [1.807, 2.05) is 6.92 Å². The second-order valence-corrected chi connectivity index (χ2v) is 7.13. The van der Waals surface area contributed by atoms with Gasteiger partial charge in [0.1, 0.15) is 29.4 Å². The van der Waals surface area contributed by atoms with Crippen LogP contribution in [0.15, 0.2) is 42.7 Å². The maximum atomic E-state index is 12.1. The summed E-state index contributed by atoms with van der Waals surface area (Å²) < 4.78 is 11.0. The standard InChI is InChI=1S/C24H24N2O6/c1-4-6-20(27)17-9-10-21(14(2)22(17)28)32-13-15-11-26-19(12-25-15)16-7-5-8-18(24(29)30)23(16)31-3/h5,7-12,28H,4,6,13H2,1-3H3,(H,29,30). The third kappa shape index (κ3) is 4.69. The number of aromatic hydroxyl groups is 1. The summed E-state index contributed by atoms with van der Waals surface area (Å²) >= 11 is 0. The Morgan fingerprint density at radius 1 is 1.06 bits per heavy atom. The summed E-state index contributed by atoms with van der Waals surface area (Å²) in [5.74, 6) is -0.627. The molecule has 2 N–H and O–H groups in total. The number of aromatic carboxylic acids is 1. The van der Waals surface area contributed by atoms with E-state index in [-0.39, 0.29) is 29.5 Å². The number of phenols is 1. The van der Waals surface area contributed by atoms with Crippen molar-refractivity contribution in [2.24, 2.45) is 0 Å². The summed E-state index contributed by atoms with van der Waals surface area (Å²) in [6.45, 7) is 3.69. The molecule has 0 amide bonds. The van der Waals surface area contributed by atoms with E-state index in [2.05, 4.69) is 9.97 Å². The van der Waals surface area contributed by atoms with Crippen LogP contribution in [0.2, 0.25) is 0 Å². The number of benzene rings is 2. The van der Waals surface area contributed by atoms with Crippen molar-refractivity contribution < 1.29 is 29.3 Å². The third-order valence-corrected chi connectivity index (χ3v) is 4.97. The van der Waals surface area contributed by atoms with Crippen molar-refractivity contribution in [3.63, 3.8) is 0 Å². The first-order valence-corrected chi connectivity index (χ1v) is 10.1. The molecule has 3 rings (SSSR count). The lowest BCUT2D eigenvalue weighted by atomic mass is 10.0. The lowest BCUT2D eigenvalue weighted by molar-refractivity contribution is 0.0693. The minimum atomic E-state index is -1.09. The molecule has 0 radical (unpaired) electrons. The molecule has 1 heterocycles. The molecule has 0 saturated carbocycles. The molecule has 0 fully saturated rings. The average molecular weight is 436 g/mol. The van der Waals surface area contributed by atoms with Crippen molar-refractivity contribution in [3.8, 4) is 28.5 Å². The van der Waals surface area contributed by atoms with E-state index in [1.165, 1.54) is 25.6 Å². The molecule has 0 unspecified atom stereocenters. The molecule has 0 aliphatic carbocycles. The van der Waals surface area contributed by atoms with Gasteiger partial charge >= 0.3 is 5.97 Å². The zero-order chi connectivity index (χ0) is 23.3. The van der Waals surface area contributed by atoms with Crippen molar-refractivity contribution in [2.75, 3.05) is 7.11 Å². The number of carboxylic acid groups (broad SMARTS) is 1. The van der Waals surface area contributed by atoms with Crippen LogP contribution in [0.5, 0.6) is 17.2 Å². The zero-order valence-corrected chi connectivity index (χ0v) is 18.1. The van der Waals surface area contributed by atoms with Crippen LogP contribution in [0.3, 0.4) is 0 Å². The number of hydrogen-bond donors (Lipinski definition) is 2. The molecule has 8 nitrogen and oxygen atoms in total. The number of carboxylic acids is 1. The van der Waals surface area contributed by atoms with E-state index in [9.17, 15) is 19.8 Å². The average Bonchev–Trinajstić information content (AvgIpc) is 2.80. The maximum Gasteiger partial charge on any atom is 0.339 e. The molecule has 32 heavy (non-hydrogen) atoms. The molecule has 0 bridgehead atoms. The topological polar surface area (TPSA) is 119 Å². The summed E-state index contributed by atoms with van der Waals surface area (Å²) in [6, 6.07) is 8.00. The van der Waals surface area contributed by atoms with Gasteiger partial charge in [0.05, 0.1) is 36.5 Å². The van der Waals surface area contributed by atoms with Gasteiger partial charge in [-0.2, -0.15) is 0 Å². The number of ether oxygens (including phenoxy) is 2. The van der Waals surface area contributed by atoms with Gasteiger partial charge in [0, 0.05) is 17.5 Å². The van der Waals surface area contributed by atoms with Gasteiger partial charge in [0.25, 0.3) is 0 Å². The van der Waals surface area contributed by atoms with Gasteiger partial charge in [-0.1, -0.05) is 13.0 Å². The van der Waals surface area contributed by atoms with Crippen molar-refractivity contribution in [3.05, 3.63) is 65.1 Å². The van der Waals surface area contributed by atoms with E-state index in [0.29, 0.717) is 46.7 Å². The predicted octanol–water partition coefficient (Wildman–Crippen LogP) is 4.43. The number of nitrogens with zero attached hydrogens (tertiary/aromatic N) is 2. The molecule has 1 aromatic heterocycles. The first-order valence-electron chi connectivity index (χ1n) is 10.1. The molecule has 2 aromatic carbocycles. The Hall–Kier alpha value is -3.94. The molecule has 0 spiro atoms. The van der Waals surface area contributed by atoms with Gasteiger partial charge in [0.2, 0.25) is 0 Å². The first-order chi connectivity index (χ1) is 15.4. The number of carbonyl (C=O) groups is 2. The molecule has 166 valence electrons. The van der Waals surface area contributed by atoms with Crippen LogP contribution in [-0.4, -0.2) is 39.0 Å². The quantitative estimate of drug-likeness (QED) is 0.473. The number of carbonyl (C=O) groups excluding carboxylic acids is 1.